The number of nitrogens with zero attached hydrogens (tertiary/aromatic N) is 1. The minimum Gasteiger partial charge on any atom is -0.326 e. The van der Waals surface area contributed by atoms with E-state index < -0.39 is 10.0 Å². The first-order valence-corrected chi connectivity index (χ1v) is 8.77. The molecule has 0 amide bonds. The zero-order valence-electron chi connectivity index (χ0n) is 12.8. The maximum absolute atomic E-state index is 13.1. The van der Waals surface area contributed by atoms with E-state index in [9.17, 15) is 8.42 Å². The Morgan fingerprint density at radius 3 is 2.59 bits per heavy atom. The van der Waals surface area contributed by atoms with Crippen LogP contribution < -0.4 is 10.0 Å². The second kappa shape index (κ2) is 5.41. The van der Waals surface area contributed by atoms with Crippen molar-refractivity contribution in [3.63, 3.8) is 0 Å². The van der Waals surface area contributed by atoms with Crippen molar-refractivity contribution in [1.82, 2.24) is 0 Å². The van der Waals surface area contributed by atoms with Crippen molar-refractivity contribution in [2.75, 3.05) is 10.8 Å². The first-order chi connectivity index (χ1) is 10.4. The third kappa shape index (κ3) is 2.51. The Morgan fingerprint density at radius 1 is 1.14 bits per heavy atom. The van der Waals surface area contributed by atoms with Crippen molar-refractivity contribution >= 4 is 15.7 Å². The quantitative estimate of drug-likeness (QED) is 0.925. The number of benzene rings is 2. The molecule has 3 rings (SSSR count). The molecule has 1 aliphatic heterocycles. The molecule has 5 heteroatoms. The van der Waals surface area contributed by atoms with Gasteiger partial charge >= 0.3 is 0 Å². The second-order valence-corrected chi connectivity index (χ2v) is 7.73. The fourth-order valence-electron chi connectivity index (χ4n) is 3.02. The summed E-state index contributed by atoms with van der Waals surface area (Å²) in [5, 5.41) is 0. The van der Waals surface area contributed by atoms with E-state index in [0.29, 0.717) is 17.9 Å². The molecule has 1 unspecified atom stereocenters. The second-order valence-electron chi connectivity index (χ2n) is 5.90. The van der Waals surface area contributed by atoms with Crippen molar-refractivity contribution in [2.24, 2.45) is 5.73 Å². The third-order valence-electron chi connectivity index (χ3n) is 4.04. The van der Waals surface area contributed by atoms with E-state index in [4.69, 9.17) is 5.73 Å². The Bertz CT molecular complexity index is 815. The van der Waals surface area contributed by atoms with Gasteiger partial charge in [0.25, 0.3) is 10.0 Å². The zero-order chi connectivity index (χ0) is 15.9. The van der Waals surface area contributed by atoms with Crippen LogP contribution >= 0.6 is 0 Å². The van der Waals surface area contributed by atoms with Crippen LogP contribution in [0.1, 0.15) is 16.7 Å². The number of hydrogen-bond acceptors (Lipinski definition) is 3. The lowest BCUT2D eigenvalue weighted by Gasteiger charge is -2.34. The molecule has 22 heavy (non-hydrogen) atoms. The molecule has 1 aliphatic rings. The standard InChI is InChI=1S/C17H20N2O2S/c1-12-7-8-17(13(2)9-12)22(20,21)19-11-15(18)10-14-5-3-4-6-16(14)19/h3-9,15H,10-11,18H2,1-2H3. The van der Waals surface area contributed by atoms with E-state index in [1.54, 1.807) is 6.07 Å². The van der Waals surface area contributed by atoms with Crippen molar-refractivity contribution in [3.8, 4) is 0 Å². The minimum atomic E-state index is -3.60. The van der Waals surface area contributed by atoms with Gasteiger partial charge in [0, 0.05) is 12.6 Å². The van der Waals surface area contributed by atoms with Crippen LogP contribution in [0.4, 0.5) is 5.69 Å². The molecule has 0 spiro atoms. The molecule has 2 aromatic carbocycles. The summed E-state index contributed by atoms with van der Waals surface area (Å²) >= 11 is 0. The fraction of sp³-hybridized carbons (Fsp3) is 0.294. The first-order valence-electron chi connectivity index (χ1n) is 7.33. The maximum Gasteiger partial charge on any atom is 0.264 e. The lowest BCUT2D eigenvalue weighted by molar-refractivity contribution is 0.575. The molecule has 2 N–H and O–H groups in total. The summed E-state index contributed by atoms with van der Waals surface area (Å²) in [6, 6.07) is 12.8. The first kappa shape index (κ1) is 15.1. The van der Waals surface area contributed by atoms with Crippen molar-refractivity contribution in [2.45, 2.75) is 31.2 Å². The number of fused-ring (bicyclic) bond motifs is 1. The molecule has 1 atom stereocenters. The Kier molecular flexibility index (Phi) is 3.70. The number of para-hydroxylation sites is 1. The summed E-state index contributed by atoms with van der Waals surface area (Å²) in [5.41, 5.74) is 9.60. The molecular weight excluding hydrogens is 296 g/mol. The number of nitrogens with two attached hydrogens (primary N) is 1. The highest BCUT2D eigenvalue weighted by molar-refractivity contribution is 7.92. The maximum atomic E-state index is 13.1. The van der Waals surface area contributed by atoms with Crippen LogP contribution in [-0.2, 0) is 16.4 Å². The lowest BCUT2D eigenvalue weighted by atomic mass is 10.0. The molecule has 0 radical (unpaired) electrons. The molecule has 0 bridgehead atoms. The summed E-state index contributed by atoms with van der Waals surface area (Å²) in [4.78, 5) is 0.349. The highest BCUT2D eigenvalue weighted by Gasteiger charge is 2.32. The van der Waals surface area contributed by atoms with Crippen molar-refractivity contribution in [1.29, 1.82) is 0 Å². The highest BCUT2D eigenvalue weighted by Crippen LogP contribution is 2.32. The van der Waals surface area contributed by atoms with Gasteiger partial charge in [0.1, 0.15) is 0 Å². The van der Waals surface area contributed by atoms with E-state index in [1.165, 1.54) is 4.31 Å². The molecule has 0 aliphatic carbocycles. The average molecular weight is 316 g/mol. The van der Waals surface area contributed by atoms with Gasteiger partial charge < -0.3 is 5.73 Å². The Balaban J connectivity index is 2.13. The van der Waals surface area contributed by atoms with Crippen molar-refractivity contribution in [3.05, 3.63) is 59.2 Å². The molecule has 116 valence electrons. The molecule has 0 saturated heterocycles. The number of anilines is 1. The zero-order valence-corrected chi connectivity index (χ0v) is 13.6. The van der Waals surface area contributed by atoms with E-state index in [2.05, 4.69) is 0 Å². The van der Waals surface area contributed by atoms with E-state index >= 15 is 0 Å². The lowest BCUT2D eigenvalue weighted by Crippen LogP contribution is -2.46. The Labute approximate surface area is 131 Å². The van der Waals surface area contributed by atoms with E-state index in [1.807, 2.05) is 50.2 Å². The number of rotatable bonds is 2. The summed E-state index contributed by atoms with van der Waals surface area (Å²) in [5.74, 6) is 0. The van der Waals surface area contributed by atoms with Gasteiger partial charge in [0.05, 0.1) is 10.6 Å². The molecule has 1 heterocycles. The SMILES string of the molecule is Cc1ccc(S(=O)(=O)N2CC(N)Cc3ccccc32)c(C)c1. The van der Waals surface area contributed by atoms with Crippen LogP contribution in [0.3, 0.4) is 0 Å². The summed E-state index contributed by atoms with van der Waals surface area (Å²) < 4.78 is 27.6. The molecule has 0 saturated carbocycles. The van der Waals surface area contributed by atoms with Gasteiger partial charge in [-0.05, 0) is 43.5 Å². The van der Waals surface area contributed by atoms with Crippen LogP contribution in [-0.4, -0.2) is 21.0 Å². The van der Waals surface area contributed by atoms with Gasteiger partial charge in [0.2, 0.25) is 0 Å². The predicted octanol–water partition coefficient (Wildman–Crippen LogP) is 2.38. The van der Waals surface area contributed by atoms with Crippen LogP contribution in [0.2, 0.25) is 0 Å². The third-order valence-corrected chi connectivity index (χ3v) is 5.98. The number of sulfonamides is 1. The molecule has 4 nitrogen and oxygen atoms in total. The van der Waals surface area contributed by atoms with Gasteiger partial charge in [0.15, 0.2) is 0 Å². The Morgan fingerprint density at radius 2 is 1.86 bits per heavy atom. The Hall–Kier alpha value is -1.85. The molecular formula is C17H20N2O2S. The van der Waals surface area contributed by atoms with Crippen molar-refractivity contribution < 1.29 is 8.42 Å². The average Bonchev–Trinajstić information content (AvgIpc) is 2.45. The molecule has 2 aromatic rings. The van der Waals surface area contributed by atoms with Gasteiger partial charge in [-0.2, -0.15) is 0 Å². The molecule has 0 fully saturated rings. The van der Waals surface area contributed by atoms with Crippen LogP contribution in [0.5, 0.6) is 0 Å². The van der Waals surface area contributed by atoms with Crippen LogP contribution in [0, 0.1) is 13.8 Å². The predicted molar refractivity (Wildman–Crippen MR) is 88.6 cm³/mol. The highest BCUT2D eigenvalue weighted by atomic mass is 32.2. The van der Waals surface area contributed by atoms with Crippen LogP contribution in [0.25, 0.3) is 0 Å². The van der Waals surface area contributed by atoms with Crippen LogP contribution in [0.15, 0.2) is 47.4 Å². The number of hydrogen-bond donors (Lipinski definition) is 1. The minimum absolute atomic E-state index is 0.185. The summed E-state index contributed by atoms with van der Waals surface area (Å²) in [6.45, 7) is 4.10. The van der Waals surface area contributed by atoms with Gasteiger partial charge in [-0.25, -0.2) is 8.42 Å². The van der Waals surface area contributed by atoms with Gasteiger partial charge in [-0.1, -0.05) is 35.9 Å². The fourth-order valence-corrected chi connectivity index (χ4v) is 4.79. The largest absolute Gasteiger partial charge is 0.326 e. The smallest absolute Gasteiger partial charge is 0.264 e. The topological polar surface area (TPSA) is 63.4 Å². The van der Waals surface area contributed by atoms with E-state index in [0.717, 1.165) is 22.4 Å². The van der Waals surface area contributed by atoms with Gasteiger partial charge in [-0.15, -0.1) is 0 Å². The number of aryl methyl sites for hydroxylation is 2. The summed E-state index contributed by atoms with van der Waals surface area (Å²) in [6.07, 6.45) is 0.703. The summed E-state index contributed by atoms with van der Waals surface area (Å²) in [7, 11) is -3.60. The monoisotopic (exact) mass is 316 g/mol. The van der Waals surface area contributed by atoms with E-state index in [-0.39, 0.29) is 6.04 Å². The van der Waals surface area contributed by atoms with Gasteiger partial charge in [-0.3, -0.25) is 4.31 Å². The molecule has 0 aromatic heterocycles. The normalized spacial score (nSPS) is 18.1.